The van der Waals surface area contributed by atoms with Gasteiger partial charge in [-0.05, 0) is 71.7 Å². The smallest absolute Gasteiger partial charge is 0.295 e. The minimum absolute atomic E-state index is 0.178. The monoisotopic (exact) mass is 551 g/mol. The Morgan fingerprint density at radius 1 is 0.789 bits per heavy atom. The lowest BCUT2D eigenvalue weighted by atomic mass is 9.90. The van der Waals surface area contributed by atoms with E-state index in [1.807, 2.05) is 36.1 Å². The van der Waals surface area contributed by atoms with E-state index >= 15 is 0 Å². The van der Waals surface area contributed by atoms with Gasteiger partial charge in [0.1, 0.15) is 4.90 Å². The second kappa shape index (κ2) is 10.9. The van der Waals surface area contributed by atoms with Gasteiger partial charge in [-0.3, -0.25) is 13.9 Å². The average Bonchev–Trinajstić information content (AvgIpc) is 2.88. The van der Waals surface area contributed by atoms with E-state index in [9.17, 15) is 30.7 Å². The fraction of sp³-hybridized carbons (Fsp3) is 0.107. The van der Waals surface area contributed by atoms with Gasteiger partial charge in [-0.2, -0.15) is 16.8 Å². The van der Waals surface area contributed by atoms with E-state index in [2.05, 4.69) is 0 Å². The lowest BCUT2D eigenvalue weighted by molar-refractivity contribution is -0.110. The molecular weight excluding hydrogens is 526 g/mol. The van der Waals surface area contributed by atoms with Crippen molar-refractivity contribution in [3.05, 3.63) is 119 Å². The Morgan fingerprint density at radius 3 is 2.05 bits per heavy atom. The third-order valence-corrected chi connectivity index (χ3v) is 7.81. The highest BCUT2D eigenvalue weighted by molar-refractivity contribution is 7.86. The molecule has 196 valence electrons. The van der Waals surface area contributed by atoms with Crippen LogP contribution >= 0.6 is 0 Å². The van der Waals surface area contributed by atoms with Crippen LogP contribution in [0, 0.1) is 0 Å². The van der Waals surface area contributed by atoms with Gasteiger partial charge in [-0.25, -0.2) is 0 Å². The van der Waals surface area contributed by atoms with Crippen molar-refractivity contribution in [1.82, 2.24) is 0 Å². The molecule has 2 N–H and O–H groups in total. The van der Waals surface area contributed by atoms with Crippen molar-refractivity contribution < 1.29 is 30.7 Å². The predicted molar refractivity (Wildman–Crippen MR) is 145 cm³/mol. The lowest BCUT2D eigenvalue weighted by Gasteiger charge is -2.24. The van der Waals surface area contributed by atoms with Gasteiger partial charge < -0.3 is 4.90 Å². The zero-order valence-corrected chi connectivity index (χ0v) is 22.0. The fourth-order valence-electron chi connectivity index (χ4n) is 4.25. The Kier molecular flexibility index (Phi) is 7.79. The number of carbonyl (C=O) groups excluding carboxylic acids is 1. The van der Waals surface area contributed by atoms with Gasteiger partial charge in [-0.1, -0.05) is 54.6 Å². The zero-order chi connectivity index (χ0) is 27.5. The minimum Gasteiger partial charge on any atom is -0.367 e. The molecule has 0 aromatic heterocycles. The van der Waals surface area contributed by atoms with Crippen LogP contribution < -0.4 is 4.90 Å². The summed E-state index contributed by atoms with van der Waals surface area (Å²) in [6.45, 7) is 2.93. The van der Waals surface area contributed by atoms with Gasteiger partial charge in [0.25, 0.3) is 20.2 Å². The van der Waals surface area contributed by atoms with E-state index in [0.29, 0.717) is 35.4 Å². The van der Waals surface area contributed by atoms with E-state index in [4.69, 9.17) is 0 Å². The molecule has 0 fully saturated rings. The number of allylic oxidation sites excluding steroid dienone is 5. The molecule has 3 aromatic carbocycles. The van der Waals surface area contributed by atoms with Crippen molar-refractivity contribution >= 4 is 37.3 Å². The first-order valence-corrected chi connectivity index (χ1v) is 14.5. The highest BCUT2D eigenvalue weighted by Gasteiger charge is 2.21. The molecule has 0 heterocycles. The first kappa shape index (κ1) is 27.2. The zero-order valence-electron chi connectivity index (χ0n) is 20.4. The van der Waals surface area contributed by atoms with Crippen molar-refractivity contribution in [2.24, 2.45) is 0 Å². The first-order chi connectivity index (χ1) is 18.0. The van der Waals surface area contributed by atoms with Crippen LogP contribution in [-0.4, -0.2) is 38.3 Å². The molecule has 0 radical (unpaired) electrons. The Labute approximate surface area is 221 Å². The summed E-state index contributed by atoms with van der Waals surface area (Å²) in [5, 5.41) is 0. The van der Waals surface area contributed by atoms with Crippen molar-refractivity contribution in [3.63, 3.8) is 0 Å². The van der Waals surface area contributed by atoms with Crippen molar-refractivity contribution in [2.45, 2.75) is 23.3 Å². The van der Waals surface area contributed by atoms with Crippen molar-refractivity contribution in [1.29, 1.82) is 0 Å². The van der Waals surface area contributed by atoms with Gasteiger partial charge in [0.15, 0.2) is 5.78 Å². The van der Waals surface area contributed by atoms with Crippen molar-refractivity contribution in [3.8, 4) is 0 Å². The van der Waals surface area contributed by atoms with E-state index in [0.717, 1.165) is 5.69 Å². The maximum absolute atomic E-state index is 12.1. The SMILES string of the molecule is CCN(Cc1cccc(S(=O)(=O)O)c1)c1ccc(C(=C2C=CC(=O)C=C2)c2ccccc2S(=O)(=O)O)cc1. The number of nitrogens with zero attached hydrogens (tertiary/aromatic N) is 1. The number of anilines is 1. The van der Waals surface area contributed by atoms with Crippen LogP contribution in [0.1, 0.15) is 23.6 Å². The molecule has 0 atom stereocenters. The summed E-state index contributed by atoms with van der Waals surface area (Å²) >= 11 is 0. The Morgan fingerprint density at radius 2 is 1.45 bits per heavy atom. The van der Waals surface area contributed by atoms with Gasteiger partial charge in [-0.15, -0.1) is 0 Å². The third kappa shape index (κ3) is 6.17. The number of carbonyl (C=O) groups is 1. The largest absolute Gasteiger partial charge is 0.367 e. The summed E-state index contributed by atoms with van der Waals surface area (Å²) < 4.78 is 66.6. The van der Waals surface area contributed by atoms with E-state index in [1.165, 1.54) is 36.4 Å². The summed E-state index contributed by atoms with van der Waals surface area (Å²) in [7, 11) is -8.85. The predicted octanol–water partition coefficient (Wildman–Crippen LogP) is 4.70. The van der Waals surface area contributed by atoms with E-state index in [1.54, 1.807) is 36.4 Å². The Balaban J connectivity index is 1.75. The summed E-state index contributed by atoms with van der Waals surface area (Å²) in [6, 6.07) is 19.5. The molecule has 0 unspecified atom stereocenters. The molecule has 4 rings (SSSR count). The molecule has 0 saturated heterocycles. The molecule has 8 nitrogen and oxygen atoms in total. The highest BCUT2D eigenvalue weighted by Crippen LogP contribution is 2.34. The highest BCUT2D eigenvalue weighted by atomic mass is 32.2. The van der Waals surface area contributed by atoms with E-state index in [-0.39, 0.29) is 21.1 Å². The molecule has 38 heavy (non-hydrogen) atoms. The molecule has 0 aliphatic heterocycles. The summed E-state index contributed by atoms with van der Waals surface area (Å²) in [4.78, 5) is 13.3. The van der Waals surface area contributed by atoms with Crippen LogP contribution in [-0.2, 0) is 31.6 Å². The van der Waals surface area contributed by atoms with Gasteiger partial charge in [0.05, 0.1) is 4.90 Å². The second-order valence-corrected chi connectivity index (χ2v) is 11.4. The van der Waals surface area contributed by atoms with Crippen LogP contribution in [0.15, 0.2) is 112 Å². The molecule has 0 amide bonds. The number of ketones is 1. The molecule has 0 bridgehead atoms. The molecule has 3 aromatic rings. The van der Waals surface area contributed by atoms with E-state index < -0.39 is 20.2 Å². The van der Waals surface area contributed by atoms with Crippen LogP contribution in [0.2, 0.25) is 0 Å². The molecule has 0 spiro atoms. The lowest BCUT2D eigenvalue weighted by Crippen LogP contribution is -2.22. The fourth-order valence-corrected chi connectivity index (χ4v) is 5.50. The van der Waals surface area contributed by atoms with Crippen LogP contribution in [0.3, 0.4) is 0 Å². The van der Waals surface area contributed by atoms with Gasteiger partial charge >= 0.3 is 0 Å². The molecule has 1 aliphatic carbocycles. The average molecular weight is 552 g/mol. The molecule has 10 heteroatoms. The van der Waals surface area contributed by atoms with Crippen LogP contribution in [0.25, 0.3) is 5.57 Å². The standard InChI is InChI=1S/C28H25NO7S2/c1-2-29(19-20-6-5-7-25(18-20)37(31,32)33)23-14-10-21(11-15-23)28(22-12-16-24(30)17-13-22)26-8-3-4-9-27(26)38(34,35)36/h3-18H,2,19H2,1H3,(H,31,32,33)(H,34,35,36). The summed E-state index contributed by atoms with van der Waals surface area (Å²) in [5.74, 6) is -0.192. The number of rotatable bonds is 8. The Bertz CT molecular complexity index is 1670. The summed E-state index contributed by atoms with van der Waals surface area (Å²) in [5.41, 5.74) is 3.59. The maximum Gasteiger partial charge on any atom is 0.295 e. The van der Waals surface area contributed by atoms with Crippen LogP contribution in [0.4, 0.5) is 5.69 Å². The topological polar surface area (TPSA) is 129 Å². The minimum atomic E-state index is -4.53. The normalized spacial score (nSPS) is 13.6. The number of benzene rings is 3. The molecule has 0 saturated carbocycles. The quantitative estimate of drug-likeness (QED) is 0.386. The molecule has 1 aliphatic rings. The van der Waals surface area contributed by atoms with Gasteiger partial charge in [0, 0.05) is 24.3 Å². The summed E-state index contributed by atoms with van der Waals surface area (Å²) in [6.07, 6.45) is 5.98. The Hall–Kier alpha value is -3.83. The number of hydrogen-bond acceptors (Lipinski definition) is 6. The first-order valence-electron chi connectivity index (χ1n) is 11.6. The number of hydrogen-bond donors (Lipinski definition) is 2. The van der Waals surface area contributed by atoms with Crippen LogP contribution in [0.5, 0.6) is 0 Å². The second-order valence-electron chi connectivity index (χ2n) is 8.55. The van der Waals surface area contributed by atoms with Crippen molar-refractivity contribution in [2.75, 3.05) is 11.4 Å². The van der Waals surface area contributed by atoms with Gasteiger partial charge in [0.2, 0.25) is 0 Å². The maximum atomic E-state index is 12.1. The molecular formula is C28H25NO7S2. The third-order valence-electron chi connectivity index (χ3n) is 6.05.